The van der Waals surface area contributed by atoms with Gasteiger partial charge in [0.05, 0.1) is 13.7 Å². The molecule has 0 radical (unpaired) electrons. The van der Waals surface area contributed by atoms with E-state index in [0.717, 1.165) is 0 Å². The lowest BCUT2D eigenvalue weighted by atomic mass is 10.1. The molecular weight excluding hydrogens is 332 g/mol. The van der Waals surface area contributed by atoms with Crippen molar-refractivity contribution in [3.05, 3.63) is 60.2 Å². The maximum atomic E-state index is 12.1. The number of methoxy groups -OCH3 is 1. The van der Waals surface area contributed by atoms with Gasteiger partial charge in [-0.3, -0.25) is 14.4 Å². The number of hydrogen-bond donors (Lipinski definition) is 2. The van der Waals surface area contributed by atoms with E-state index in [1.807, 2.05) is 18.2 Å². The molecule has 26 heavy (non-hydrogen) atoms. The molecule has 136 valence electrons. The molecule has 0 bridgehead atoms. The van der Waals surface area contributed by atoms with Crippen molar-refractivity contribution in [1.82, 2.24) is 5.32 Å². The molecule has 2 aromatic rings. The lowest BCUT2D eigenvalue weighted by molar-refractivity contribution is -0.124. The van der Waals surface area contributed by atoms with Crippen LogP contribution in [0.5, 0.6) is 5.75 Å². The highest BCUT2D eigenvalue weighted by atomic mass is 16.5. The van der Waals surface area contributed by atoms with E-state index in [4.69, 9.17) is 4.74 Å². The van der Waals surface area contributed by atoms with Gasteiger partial charge >= 0.3 is 0 Å². The standard InChI is InChI=1S/C20H22N2O4/c1-26-17-12-10-15(11-13-17)18(23)8-5-9-19(24)21-14-20(25)22-16-6-3-2-4-7-16/h2-4,6-7,10-13H,5,8-9,14H2,1H3,(H,21,24)(H,22,25). The van der Waals surface area contributed by atoms with Crippen LogP contribution < -0.4 is 15.4 Å². The number of Topliss-reactive ketones (excluding diaryl/α,β-unsaturated/α-hetero) is 1. The molecule has 0 saturated carbocycles. The van der Waals surface area contributed by atoms with Gasteiger partial charge in [0.15, 0.2) is 5.78 Å². The van der Waals surface area contributed by atoms with Crippen molar-refractivity contribution in [1.29, 1.82) is 0 Å². The zero-order valence-electron chi connectivity index (χ0n) is 14.7. The molecule has 2 amide bonds. The zero-order chi connectivity index (χ0) is 18.8. The molecule has 6 nitrogen and oxygen atoms in total. The Bertz CT molecular complexity index is 742. The van der Waals surface area contributed by atoms with Gasteiger partial charge in [0.1, 0.15) is 5.75 Å². The second-order valence-corrected chi connectivity index (χ2v) is 5.70. The van der Waals surface area contributed by atoms with E-state index >= 15 is 0 Å². The predicted molar refractivity (Wildman–Crippen MR) is 99.3 cm³/mol. The fourth-order valence-corrected chi connectivity index (χ4v) is 2.32. The van der Waals surface area contributed by atoms with Gasteiger partial charge in [-0.25, -0.2) is 0 Å². The van der Waals surface area contributed by atoms with Crippen LogP contribution in [0.2, 0.25) is 0 Å². The van der Waals surface area contributed by atoms with Gasteiger partial charge < -0.3 is 15.4 Å². The second-order valence-electron chi connectivity index (χ2n) is 5.70. The fraction of sp³-hybridized carbons (Fsp3) is 0.250. The fourth-order valence-electron chi connectivity index (χ4n) is 2.32. The Morgan fingerprint density at radius 1 is 0.885 bits per heavy atom. The lowest BCUT2D eigenvalue weighted by Gasteiger charge is -2.07. The first-order valence-electron chi connectivity index (χ1n) is 8.37. The normalized spacial score (nSPS) is 10.0. The van der Waals surface area contributed by atoms with Crippen LogP contribution in [0.1, 0.15) is 29.6 Å². The minimum Gasteiger partial charge on any atom is -0.497 e. The molecular formula is C20H22N2O4. The van der Waals surface area contributed by atoms with Crippen molar-refractivity contribution >= 4 is 23.3 Å². The molecule has 0 unspecified atom stereocenters. The second kappa shape index (κ2) is 9.98. The van der Waals surface area contributed by atoms with Crippen molar-refractivity contribution in [2.24, 2.45) is 0 Å². The van der Waals surface area contributed by atoms with Gasteiger partial charge in [-0.2, -0.15) is 0 Å². The summed E-state index contributed by atoms with van der Waals surface area (Å²) in [5, 5.41) is 5.24. The van der Waals surface area contributed by atoms with E-state index in [-0.39, 0.29) is 37.0 Å². The maximum Gasteiger partial charge on any atom is 0.243 e. The van der Waals surface area contributed by atoms with Crippen molar-refractivity contribution in [3.8, 4) is 5.75 Å². The number of carbonyl (C=O) groups excluding carboxylic acids is 3. The van der Waals surface area contributed by atoms with Crippen LogP contribution in [-0.2, 0) is 9.59 Å². The third-order valence-electron chi connectivity index (χ3n) is 3.72. The summed E-state index contributed by atoms with van der Waals surface area (Å²) in [5.74, 6) is 0.117. The molecule has 0 spiro atoms. The highest BCUT2D eigenvalue weighted by molar-refractivity contribution is 5.96. The molecule has 0 aliphatic carbocycles. The first kappa shape index (κ1) is 19.2. The van der Waals surface area contributed by atoms with E-state index in [1.165, 1.54) is 0 Å². The molecule has 0 aliphatic rings. The minimum absolute atomic E-state index is 0.0257. The number of amides is 2. The summed E-state index contributed by atoms with van der Waals surface area (Å²) in [6.07, 6.45) is 0.896. The van der Waals surface area contributed by atoms with Crippen LogP contribution in [0.25, 0.3) is 0 Å². The van der Waals surface area contributed by atoms with Crippen LogP contribution >= 0.6 is 0 Å². The Labute approximate surface area is 152 Å². The number of rotatable bonds is 9. The van der Waals surface area contributed by atoms with E-state index in [0.29, 0.717) is 23.4 Å². The molecule has 0 saturated heterocycles. The van der Waals surface area contributed by atoms with Gasteiger partial charge in [-0.05, 0) is 42.8 Å². The monoisotopic (exact) mass is 354 g/mol. The predicted octanol–water partition coefficient (Wildman–Crippen LogP) is 2.80. The summed E-state index contributed by atoms with van der Waals surface area (Å²) < 4.78 is 5.05. The molecule has 6 heteroatoms. The summed E-state index contributed by atoms with van der Waals surface area (Å²) >= 11 is 0. The number of ether oxygens (including phenoxy) is 1. The van der Waals surface area contributed by atoms with Crippen LogP contribution in [0, 0.1) is 0 Å². The SMILES string of the molecule is COc1ccc(C(=O)CCCC(=O)NCC(=O)Nc2ccccc2)cc1. The van der Waals surface area contributed by atoms with Crippen LogP contribution in [0.3, 0.4) is 0 Å². The van der Waals surface area contributed by atoms with E-state index in [1.54, 1.807) is 43.5 Å². The Morgan fingerprint density at radius 2 is 1.58 bits per heavy atom. The molecule has 2 N–H and O–H groups in total. The average Bonchev–Trinajstić information content (AvgIpc) is 2.67. The molecule has 0 fully saturated rings. The van der Waals surface area contributed by atoms with Gasteiger partial charge in [-0.1, -0.05) is 18.2 Å². The molecule has 0 atom stereocenters. The zero-order valence-corrected chi connectivity index (χ0v) is 14.7. The summed E-state index contributed by atoms with van der Waals surface area (Å²) in [7, 11) is 1.57. The summed E-state index contributed by atoms with van der Waals surface area (Å²) in [5.41, 5.74) is 1.27. The van der Waals surface area contributed by atoms with Gasteiger partial charge in [-0.15, -0.1) is 0 Å². The first-order valence-corrected chi connectivity index (χ1v) is 8.37. The van der Waals surface area contributed by atoms with Crippen molar-refractivity contribution in [3.63, 3.8) is 0 Å². The summed E-state index contributed by atoms with van der Waals surface area (Å²) in [6.45, 7) is -0.0971. The van der Waals surface area contributed by atoms with E-state index in [2.05, 4.69) is 10.6 Å². The van der Waals surface area contributed by atoms with Crippen molar-refractivity contribution in [2.45, 2.75) is 19.3 Å². The summed E-state index contributed by atoms with van der Waals surface area (Å²) in [6, 6.07) is 15.9. The molecule has 0 aliphatic heterocycles. The lowest BCUT2D eigenvalue weighted by Crippen LogP contribution is -2.32. The van der Waals surface area contributed by atoms with Gasteiger partial charge in [0.2, 0.25) is 11.8 Å². The average molecular weight is 354 g/mol. The Morgan fingerprint density at radius 3 is 2.23 bits per heavy atom. The first-order chi connectivity index (χ1) is 12.6. The van der Waals surface area contributed by atoms with Gasteiger partial charge in [0, 0.05) is 24.1 Å². The number of anilines is 1. The summed E-state index contributed by atoms with van der Waals surface area (Å²) in [4.78, 5) is 35.6. The molecule has 0 aromatic heterocycles. The van der Waals surface area contributed by atoms with Crippen molar-refractivity contribution < 1.29 is 19.1 Å². The highest BCUT2D eigenvalue weighted by Gasteiger charge is 2.09. The molecule has 0 heterocycles. The maximum absolute atomic E-state index is 12.1. The van der Waals surface area contributed by atoms with Crippen LogP contribution in [0.4, 0.5) is 5.69 Å². The highest BCUT2D eigenvalue weighted by Crippen LogP contribution is 2.13. The number of ketones is 1. The topological polar surface area (TPSA) is 84.5 Å². The Hall–Kier alpha value is -3.15. The smallest absolute Gasteiger partial charge is 0.243 e. The third kappa shape index (κ3) is 6.39. The molecule has 2 aromatic carbocycles. The number of benzene rings is 2. The van der Waals surface area contributed by atoms with Crippen LogP contribution in [-0.4, -0.2) is 31.3 Å². The van der Waals surface area contributed by atoms with Crippen molar-refractivity contribution in [2.75, 3.05) is 19.0 Å². The Kier molecular flexibility index (Phi) is 7.36. The Balaban J connectivity index is 1.65. The number of nitrogens with one attached hydrogen (secondary N) is 2. The quantitative estimate of drug-likeness (QED) is 0.678. The number of carbonyl (C=O) groups is 3. The number of hydrogen-bond acceptors (Lipinski definition) is 4. The third-order valence-corrected chi connectivity index (χ3v) is 3.72. The van der Waals surface area contributed by atoms with Crippen LogP contribution in [0.15, 0.2) is 54.6 Å². The number of para-hydroxylation sites is 1. The minimum atomic E-state index is -0.293. The van der Waals surface area contributed by atoms with Gasteiger partial charge in [0.25, 0.3) is 0 Å². The van der Waals surface area contributed by atoms with E-state index in [9.17, 15) is 14.4 Å². The largest absolute Gasteiger partial charge is 0.497 e. The molecule has 2 rings (SSSR count). The van der Waals surface area contributed by atoms with E-state index < -0.39 is 0 Å².